The van der Waals surface area contributed by atoms with Crippen molar-refractivity contribution >= 4 is 0 Å². The van der Waals surface area contributed by atoms with E-state index in [0.717, 1.165) is 6.42 Å². The molecule has 4 unspecified atom stereocenters. The summed E-state index contributed by atoms with van der Waals surface area (Å²) in [6.45, 7) is 3.79. The molecule has 0 aliphatic carbocycles. The zero-order valence-corrected chi connectivity index (χ0v) is 7.89. The molecule has 4 heteroatoms. The molecule has 0 aromatic carbocycles. The molecular formula is C9H17NO3. The lowest BCUT2D eigenvalue weighted by Gasteiger charge is -2.28. The first-order valence-electron chi connectivity index (χ1n) is 4.88. The molecular weight excluding hydrogens is 170 g/mol. The average molecular weight is 187 g/mol. The number of ether oxygens (including phenoxy) is 1. The zero-order chi connectivity index (χ0) is 9.42. The van der Waals surface area contributed by atoms with Gasteiger partial charge in [0.25, 0.3) is 0 Å². The van der Waals surface area contributed by atoms with Gasteiger partial charge in [0.1, 0.15) is 0 Å². The lowest BCUT2D eigenvalue weighted by molar-refractivity contribution is 0.0714. The SMILES string of the molecule is CC1CC(O)CN1C1COCC1O. The van der Waals surface area contributed by atoms with Crippen LogP contribution in [0.1, 0.15) is 13.3 Å². The summed E-state index contributed by atoms with van der Waals surface area (Å²) < 4.78 is 5.19. The number of nitrogens with zero attached hydrogens (tertiary/aromatic N) is 1. The number of hydrogen-bond acceptors (Lipinski definition) is 4. The van der Waals surface area contributed by atoms with E-state index in [-0.39, 0.29) is 18.2 Å². The first kappa shape index (κ1) is 9.40. The maximum absolute atomic E-state index is 9.61. The van der Waals surface area contributed by atoms with Gasteiger partial charge >= 0.3 is 0 Å². The second-order valence-corrected chi connectivity index (χ2v) is 4.11. The summed E-state index contributed by atoms with van der Waals surface area (Å²) in [5.74, 6) is 0. The molecule has 2 aliphatic heterocycles. The van der Waals surface area contributed by atoms with Crippen LogP contribution in [0.4, 0.5) is 0 Å². The molecule has 2 heterocycles. The predicted molar refractivity (Wildman–Crippen MR) is 47.4 cm³/mol. The van der Waals surface area contributed by atoms with Crippen LogP contribution in [0.2, 0.25) is 0 Å². The van der Waals surface area contributed by atoms with E-state index in [1.165, 1.54) is 0 Å². The molecule has 2 N–H and O–H groups in total. The fourth-order valence-corrected chi connectivity index (χ4v) is 2.34. The van der Waals surface area contributed by atoms with Crippen LogP contribution in [-0.2, 0) is 4.74 Å². The van der Waals surface area contributed by atoms with E-state index in [9.17, 15) is 10.2 Å². The second kappa shape index (κ2) is 3.53. The van der Waals surface area contributed by atoms with Crippen LogP contribution in [0, 0.1) is 0 Å². The summed E-state index contributed by atoms with van der Waals surface area (Å²) in [4.78, 5) is 2.16. The standard InChI is InChI=1S/C9H17NO3/c1-6-2-7(11)3-10(6)8-4-13-5-9(8)12/h6-9,11-12H,2-5H2,1H3. The molecule has 0 spiro atoms. The minimum Gasteiger partial charge on any atom is -0.392 e. The molecule has 0 radical (unpaired) electrons. The Morgan fingerprint density at radius 1 is 1.31 bits per heavy atom. The van der Waals surface area contributed by atoms with Gasteiger partial charge in [-0.15, -0.1) is 0 Å². The van der Waals surface area contributed by atoms with Crippen molar-refractivity contribution in [3.63, 3.8) is 0 Å². The van der Waals surface area contributed by atoms with Crippen LogP contribution in [-0.4, -0.2) is 59.2 Å². The number of hydrogen-bond donors (Lipinski definition) is 2. The largest absolute Gasteiger partial charge is 0.392 e. The maximum Gasteiger partial charge on any atom is 0.0950 e. The van der Waals surface area contributed by atoms with E-state index in [4.69, 9.17) is 4.74 Å². The van der Waals surface area contributed by atoms with Gasteiger partial charge < -0.3 is 14.9 Å². The highest BCUT2D eigenvalue weighted by Gasteiger charge is 2.38. The molecule has 76 valence electrons. The van der Waals surface area contributed by atoms with Crippen molar-refractivity contribution in [3.8, 4) is 0 Å². The lowest BCUT2D eigenvalue weighted by Crippen LogP contribution is -2.45. The van der Waals surface area contributed by atoms with Crippen molar-refractivity contribution < 1.29 is 14.9 Å². The van der Waals surface area contributed by atoms with Crippen molar-refractivity contribution in [3.05, 3.63) is 0 Å². The van der Waals surface area contributed by atoms with Gasteiger partial charge in [0, 0.05) is 12.6 Å². The van der Waals surface area contributed by atoms with E-state index >= 15 is 0 Å². The maximum atomic E-state index is 9.61. The Morgan fingerprint density at radius 3 is 2.54 bits per heavy atom. The quantitative estimate of drug-likeness (QED) is 0.564. The number of rotatable bonds is 1. The van der Waals surface area contributed by atoms with Gasteiger partial charge in [-0.2, -0.15) is 0 Å². The Labute approximate surface area is 78.1 Å². The van der Waals surface area contributed by atoms with Gasteiger partial charge in [-0.3, -0.25) is 4.90 Å². The number of aliphatic hydroxyl groups is 2. The van der Waals surface area contributed by atoms with Gasteiger partial charge in [-0.1, -0.05) is 0 Å². The molecule has 4 atom stereocenters. The summed E-state index contributed by atoms with van der Waals surface area (Å²) in [5, 5.41) is 19.1. The molecule has 0 amide bonds. The van der Waals surface area contributed by atoms with Crippen molar-refractivity contribution in [1.29, 1.82) is 0 Å². The predicted octanol–water partition coefficient (Wildman–Crippen LogP) is -0.799. The lowest BCUT2D eigenvalue weighted by atomic mass is 10.1. The minimum atomic E-state index is -0.382. The molecule has 2 aliphatic rings. The van der Waals surface area contributed by atoms with E-state index in [0.29, 0.717) is 25.8 Å². The molecule has 0 bridgehead atoms. The molecule has 0 aromatic rings. The molecule has 13 heavy (non-hydrogen) atoms. The van der Waals surface area contributed by atoms with Crippen LogP contribution in [0.3, 0.4) is 0 Å². The molecule has 2 fully saturated rings. The van der Waals surface area contributed by atoms with E-state index in [2.05, 4.69) is 11.8 Å². The van der Waals surface area contributed by atoms with Crippen LogP contribution in [0.5, 0.6) is 0 Å². The average Bonchev–Trinajstić information content (AvgIpc) is 2.58. The van der Waals surface area contributed by atoms with E-state index < -0.39 is 0 Å². The van der Waals surface area contributed by atoms with Gasteiger partial charge in [0.15, 0.2) is 0 Å². The van der Waals surface area contributed by atoms with Crippen molar-refractivity contribution in [2.75, 3.05) is 19.8 Å². The van der Waals surface area contributed by atoms with Crippen LogP contribution in [0.15, 0.2) is 0 Å². The van der Waals surface area contributed by atoms with Crippen LogP contribution < -0.4 is 0 Å². The Balaban J connectivity index is 1.99. The fraction of sp³-hybridized carbons (Fsp3) is 1.00. The van der Waals surface area contributed by atoms with Gasteiger partial charge in [-0.25, -0.2) is 0 Å². The Hall–Kier alpha value is -0.160. The third-order valence-electron chi connectivity index (χ3n) is 3.05. The zero-order valence-electron chi connectivity index (χ0n) is 7.89. The number of aliphatic hydroxyl groups excluding tert-OH is 2. The fourth-order valence-electron chi connectivity index (χ4n) is 2.34. The summed E-state index contributed by atoms with van der Waals surface area (Å²) in [6, 6.07) is 0.448. The molecule has 4 nitrogen and oxygen atoms in total. The van der Waals surface area contributed by atoms with Crippen molar-refractivity contribution in [2.24, 2.45) is 0 Å². The third-order valence-corrected chi connectivity index (χ3v) is 3.05. The number of likely N-dealkylation sites (tertiary alicyclic amines) is 1. The highest BCUT2D eigenvalue weighted by molar-refractivity contribution is 4.92. The molecule has 2 rings (SSSR count). The highest BCUT2D eigenvalue weighted by atomic mass is 16.5. The topological polar surface area (TPSA) is 52.9 Å². The summed E-state index contributed by atoms with van der Waals surface area (Å²) in [6.07, 6.45) is 0.194. The van der Waals surface area contributed by atoms with Gasteiger partial charge in [0.05, 0.1) is 31.5 Å². The smallest absolute Gasteiger partial charge is 0.0950 e. The van der Waals surface area contributed by atoms with Gasteiger partial charge in [-0.05, 0) is 13.3 Å². The highest BCUT2D eigenvalue weighted by Crippen LogP contribution is 2.24. The third kappa shape index (κ3) is 1.72. The Bertz CT molecular complexity index is 188. The summed E-state index contributed by atoms with van der Waals surface area (Å²) in [7, 11) is 0. The minimum absolute atomic E-state index is 0.0900. The first-order valence-corrected chi connectivity index (χ1v) is 4.88. The Morgan fingerprint density at radius 2 is 2.08 bits per heavy atom. The normalized spacial score (nSPS) is 47.3. The molecule has 0 saturated carbocycles. The van der Waals surface area contributed by atoms with Gasteiger partial charge in [0.2, 0.25) is 0 Å². The van der Waals surface area contributed by atoms with Crippen molar-refractivity contribution in [1.82, 2.24) is 4.90 Å². The van der Waals surface area contributed by atoms with Crippen LogP contribution in [0.25, 0.3) is 0 Å². The van der Waals surface area contributed by atoms with Crippen molar-refractivity contribution in [2.45, 2.75) is 37.6 Å². The summed E-state index contributed by atoms with van der Waals surface area (Å²) >= 11 is 0. The molecule has 2 saturated heterocycles. The number of β-amino-alcohol motifs (C(OH)–C–C–N with tert-alkyl or cyclic N) is 1. The first-order chi connectivity index (χ1) is 6.18. The monoisotopic (exact) mass is 187 g/mol. The Kier molecular flexibility index (Phi) is 2.55. The van der Waals surface area contributed by atoms with E-state index in [1.807, 2.05) is 0 Å². The van der Waals surface area contributed by atoms with E-state index in [1.54, 1.807) is 0 Å². The molecule has 0 aromatic heterocycles. The summed E-state index contributed by atoms with van der Waals surface area (Å²) in [5.41, 5.74) is 0. The second-order valence-electron chi connectivity index (χ2n) is 4.11. The van der Waals surface area contributed by atoms with Crippen LogP contribution >= 0.6 is 0 Å².